The fourth-order valence-corrected chi connectivity index (χ4v) is 3.94. The third kappa shape index (κ3) is 5.96. The maximum Gasteiger partial charge on any atom is 0.263 e. The van der Waals surface area contributed by atoms with Crippen LogP contribution in [0.4, 0.5) is 10.8 Å². The van der Waals surface area contributed by atoms with Gasteiger partial charge in [0.25, 0.3) is 10.0 Å². The molecule has 1 aliphatic carbocycles. The molecule has 0 unspecified atom stereocenters. The summed E-state index contributed by atoms with van der Waals surface area (Å²) < 4.78 is 27.0. The van der Waals surface area contributed by atoms with Crippen LogP contribution < -0.4 is 15.4 Å². The third-order valence-electron chi connectivity index (χ3n) is 3.50. The quantitative estimate of drug-likeness (QED) is 0.629. The molecular formula is C15H19ClN4O3S2. The molecule has 1 aromatic carbocycles. The lowest BCUT2D eigenvalue weighted by atomic mass is 10.3. The first-order chi connectivity index (χ1) is 11.5. The van der Waals surface area contributed by atoms with Crippen molar-refractivity contribution < 1.29 is 13.2 Å². The second kappa shape index (κ2) is 8.61. The predicted octanol–water partition coefficient (Wildman–Crippen LogP) is 2.30. The molecule has 1 saturated carbocycles. The fourth-order valence-electron chi connectivity index (χ4n) is 2.11. The first-order valence-corrected chi connectivity index (χ1v) is 9.92. The van der Waals surface area contributed by atoms with Gasteiger partial charge < -0.3 is 10.6 Å². The molecule has 1 heterocycles. The molecule has 7 nitrogen and oxygen atoms in total. The van der Waals surface area contributed by atoms with Crippen LogP contribution in [0, 0.1) is 5.92 Å². The normalized spacial score (nSPS) is 13.8. The van der Waals surface area contributed by atoms with Crippen molar-refractivity contribution in [3.8, 4) is 0 Å². The van der Waals surface area contributed by atoms with Gasteiger partial charge in [-0.15, -0.1) is 23.7 Å². The average Bonchev–Trinajstić information content (AvgIpc) is 3.22. The van der Waals surface area contributed by atoms with E-state index in [0.29, 0.717) is 16.7 Å². The number of benzene rings is 1. The van der Waals surface area contributed by atoms with E-state index in [4.69, 9.17) is 0 Å². The number of carbonyl (C=O) groups excluding carboxylic acids is 1. The van der Waals surface area contributed by atoms with Crippen molar-refractivity contribution in [1.29, 1.82) is 0 Å². The SMILES string of the molecule is Cl.O=C(CNCC1CC1)Nc1cccc(S(=O)(=O)Nc2nccs2)c1. The number of sulfonamides is 1. The highest BCUT2D eigenvalue weighted by molar-refractivity contribution is 7.93. The summed E-state index contributed by atoms with van der Waals surface area (Å²) in [6.07, 6.45) is 3.97. The van der Waals surface area contributed by atoms with Gasteiger partial charge in [-0.3, -0.25) is 9.52 Å². The van der Waals surface area contributed by atoms with Gasteiger partial charge in [0, 0.05) is 17.3 Å². The highest BCUT2D eigenvalue weighted by Crippen LogP contribution is 2.27. The number of halogens is 1. The molecule has 1 aromatic heterocycles. The molecule has 0 aliphatic heterocycles. The zero-order valence-corrected chi connectivity index (χ0v) is 15.7. The Morgan fingerprint density at radius 2 is 2.12 bits per heavy atom. The van der Waals surface area contributed by atoms with Crippen LogP contribution in [0.15, 0.2) is 40.7 Å². The summed E-state index contributed by atoms with van der Waals surface area (Å²) >= 11 is 1.20. The zero-order valence-electron chi connectivity index (χ0n) is 13.3. The lowest BCUT2D eigenvalue weighted by molar-refractivity contribution is -0.115. The monoisotopic (exact) mass is 402 g/mol. The summed E-state index contributed by atoms with van der Waals surface area (Å²) in [4.78, 5) is 15.9. The molecule has 0 atom stereocenters. The van der Waals surface area contributed by atoms with E-state index in [-0.39, 0.29) is 29.8 Å². The number of anilines is 2. The van der Waals surface area contributed by atoms with Crippen LogP contribution in [0.5, 0.6) is 0 Å². The van der Waals surface area contributed by atoms with Gasteiger partial charge in [0.05, 0.1) is 11.4 Å². The van der Waals surface area contributed by atoms with Crippen molar-refractivity contribution in [1.82, 2.24) is 10.3 Å². The smallest absolute Gasteiger partial charge is 0.263 e. The fraction of sp³-hybridized carbons (Fsp3) is 0.333. The van der Waals surface area contributed by atoms with E-state index in [0.717, 1.165) is 6.54 Å². The van der Waals surface area contributed by atoms with E-state index in [2.05, 4.69) is 20.3 Å². The van der Waals surface area contributed by atoms with Crippen LogP contribution in [0.1, 0.15) is 12.8 Å². The predicted molar refractivity (Wildman–Crippen MR) is 101 cm³/mol. The molecule has 0 bridgehead atoms. The van der Waals surface area contributed by atoms with Gasteiger partial charge in [0.15, 0.2) is 5.13 Å². The lowest BCUT2D eigenvalue weighted by Gasteiger charge is -2.09. The standard InChI is InChI=1S/C15H18N4O3S2.ClH/c20-14(10-16-9-11-4-5-11)18-12-2-1-3-13(8-12)24(21,22)19-15-17-6-7-23-15;/h1-3,6-8,11,16H,4-5,9-10H2,(H,17,19)(H,18,20);1H. The van der Waals surface area contributed by atoms with E-state index in [9.17, 15) is 13.2 Å². The number of carbonyl (C=O) groups is 1. The van der Waals surface area contributed by atoms with Gasteiger partial charge in [-0.05, 0) is 43.5 Å². The molecule has 0 saturated heterocycles. The maximum atomic E-state index is 12.3. The summed E-state index contributed by atoms with van der Waals surface area (Å²) in [5, 5.41) is 7.78. The lowest BCUT2D eigenvalue weighted by Crippen LogP contribution is -2.29. The van der Waals surface area contributed by atoms with Gasteiger partial charge in [0.2, 0.25) is 5.91 Å². The third-order valence-corrected chi connectivity index (χ3v) is 5.65. The van der Waals surface area contributed by atoms with E-state index in [1.54, 1.807) is 17.5 Å². The molecule has 1 aliphatic rings. The molecule has 0 spiro atoms. The van der Waals surface area contributed by atoms with E-state index in [1.807, 2.05) is 0 Å². The van der Waals surface area contributed by atoms with Crippen molar-refractivity contribution >= 4 is 50.5 Å². The van der Waals surface area contributed by atoms with E-state index in [1.165, 1.54) is 42.5 Å². The average molecular weight is 403 g/mol. The van der Waals surface area contributed by atoms with Crippen LogP contribution in [0.25, 0.3) is 0 Å². The van der Waals surface area contributed by atoms with Crippen molar-refractivity contribution in [3.05, 3.63) is 35.8 Å². The van der Waals surface area contributed by atoms with Crippen molar-refractivity contribution in [2.45, 2.75) is 17.7 Å². The van der Waals surface area contributed by atoms with Crippen LogP contribution in [0.3, 0.4) is 0 Å². The van der Waals surface area contributed by atoms with E-state index >= 15 is 0 Å². The second-order valence-electron chi connectivity index (χ2n) is 5.59. The van der Waals surface area contributed by atoms with Crippen molar-refractivity contribution in [2.24, 2.45) is 5.92 Å². The molecule has 10 heteroatoms. The minimum atomic E-state index is -3.73. The number of aromatic nitrogens is 1. The minimum absolute atomic E-state index is 0. The minimum Gasteiger partial charge on any atom is -0.325 e. The molecule has 2 aromatic rings. The van der Waals surface area contributed by atoms with Crippen molar-refractivity contribution in [3.63, 3.8) is 0 Å². The van der Waals surface area contributed by atoms with Gasteiger partial charge in [-0.2, -0.15) is 0 Å². The Bertz CT molecular complexity index is 808. The zero-order chi connectivity index (χ0) is 17.0. The maximum absolute atomic E-state index is 12.3. The number of nitrogens with zero attached hydrogens (tertiary/aromatic N) is 1. The molecule has 3 rings (SSSR count). The number of thiazole rings is 1. The van der Waals surface area contributed by atoms with Gasteiger partial charge >= 0.3 is 0 Å². The molecule has 0 radical (unpaired) electrons. The Hall–Kier alpha value is -1.68. The molecule has 1 fully saturated rings. The van der Waals surface area contributed by atoms with E-state index < -0.39 is 10.0 Å². The number of rotatable bonds is 8. The summed E-state index contributed by atoms with van der Waals surface area (Å²) in [6, 6.07) is 6.14. The number of amides is 1. The highest BCUT2D eigenvalue weighted by atomic mass is 35.5. The summed E-state index contributed by atoms with van der Waals surface area (Å²) in [7, 11) is -3.73. The Balaban J connectivity index is 0.00000225. The molecule has 1 amide bonds. The molecule has 136 valence electrons. The number of nitrogens with one attached hydrogen (secondary N) is 3. The largest absolute Gasteiger partial charge is 0.325 e. The summed E-state index contributed by atoms with van der Waals surface area (Å²) in [5.74, 6) is 0.501. The highest BCUT2D eigenvalue weighted by Gasteiger charge is 2.20. The number of hydrogen-bond donors (Lipinski definition) is 3. The number of hydrogen-bond acceptors (Lipinski definition) is 6. The van der Waals surface area contributed by atoms with Gasteiger partial charge in [-0.1, -0.05) is 6.07 Å². The molecule has 3 N–H and O–H groups in total. The Labute approximate surface area is 156 Å². The molecule has 25 heavy (non-hydrogen) atoms. The van der Waals surface area contributed by atoms with Crippen LogP contribution >= 0.6 is 23.7 Å². The van der Waals surface area contributed by atoms with Gasteiger partial charge in [0.1, 0.15) is 0 Å². The topological polar surface area (TPSA) is 100 Å². The van der Waals surface area contributed by atoms with Crippen LogP contribution in [0.2, 0.25) is 0 Å². The Morgan fingerprint density at radius 1 is 1.32 bits per heavy atom. The first-order valence-electron chi connectivity index (χ1n) is 7.56. The Kier molecular flexibility index (Phi) is 6.77. The van der Waals surface area contributed by atoms with Crippen LogP contribution in [-0.2, 0) is 14.8 Å². The van der Waals surface area contributed by atoms with Crippen LogP contribution in [-0.4, -0.2) is 32.4 Å². The summed E-state index contributed by atoms with van der Waals surface area (Å²) in [5.41, 5.74) is 0.440. The summed E-state index contributed by atoms with van der Waals surface area (Å²) in [6.45, 7) is 1.06. The van der Waals surface area contributed by atoms with Gasteiger partial charge in [-0.25, -0.2) is 13.4 Å². The Morgan fingerprint density at radius 3 is 2.80 bits per heavy atom. The van der Waals surface area contributed by atoms with Crippen molar-refractivity contribution in [2.75, 3.05) is 23.1 Å². The first kappa shape index (κ1) is 19.6. The molecular weight excluding hydrogens is 384 g/mol. The second-order valence-corrected chi connectivity index (χ2v) is 8.17.